The van der Waals surface area contributed by atoms with E-state index in [1.54, 1.807) is 12.3 Å². The predicted molar refractivity (Wildman–Crippen MR) is 84.4 cm³/mol. The highest BCUT2D eigenvalue weighted by Crippen LogP contribution is 2.54. The molecule has 4 nitrogen and oxygen atoms in total. The first-order chi connectivity index (χ1) is 9.74. The van der Waals surface area contributed by atoms with Gasteiger partial charge in [0, 0.05) is 25.3 Å². The van der Waals surface area contributed by atoms with Crippen molar-refractivity contribution in [1.82, 2.24) is 15.0 Å². The number of rotatable bonds is 3. The highest BCUT2D eigenvalue weighted by molar-refractivity contribution is 7.13. The molecule has 1 amide bonds. The number of carbonyl (C=O) groups is 1. The van der Waals surface area contributed by atoms with Crippen molar-refractivity contribution in [3.05, 3.63) is 30.1 Å². The number of nitrogens with zero attached hydrogens (tertiary/aromatic N) is 2. The number of likely N-dealkylation sites (tertiary alicyclic amines) is 1. The van der Waals surface area contributed by atoms with E-state index in [-0.39, 0.29) is 5.91 Å². The van der Waals surface area contributed by atoms with Crippen molar-refractivity contribution >= 4 is 15.3 Å². The topological polar surface area (TPSA) is 45.2 Å². The van der Waals surface area contributed by atoms with Gasteiger partial charge < -0.3 is 4.90 Å². The minimum atomic E-state index is 0.0737. The second-order valence-corrected chi connectivity index (χ2v) is 5.82. The largest absolute Gasteiger partial charge is 0.332 e. The number of pyridine rings is 1. The molecule has 1 aliphatic heterocycles. The van der Waals surface area contributed by atoms with Gasteiger partial charge in [0.2, 0.25) is 0 Å². The second-order valence-electron chi connectivity index (χ2n) is 5.41. The molecule has 1 unspecified atom stereocenters. The summed E-state index contributed by atoms with van der Waals surface area (Å²) in [6, 6.07) is 5.81. The average Bonchev–Trinajstić information content (AvgIpc) is 3.16. The maximum Gasteiger partial charge on any atom is 0.272 e. The Balaban J connectivity index is 0.000000704. The van der Waals surface area contributed by atoms with Crippen LogP contribution in [0.15, 0.2) is 24.4 Å². The number of hydrogen-bond donors (Lipinski definition) is 1. The summed E-state index contributed by atoms with van der Waals surface area (Å²) >= 11 is 0. The zero-order valence-electron chi connectivity index (χ0n) is 12.3. The number of carbonyl (C=O) groups excluding carboxylic acids is 1. The van der Waals surface area contributed by atoms with Crippen LogP contribution in [0.5, 0.6) is 0 Å². The van der Waals surface area contributed by atoms with Crippen LogP contribution in [0.2, 0.25) is 0 Å². The van der Waals surface area contributed by atoms with Crippen molar-refractivity contribution in [2.24, 2.45) is 5.41 Å². The molecule has 1 saturated heterocycles. The van der Waals surface area contributed by atoms with E-state index in [1.807, 2.05) is 30.9 Å². The summed E-state index contributed by atoms with van der Waals surface area (Å²) in [5.74, 6) is 0.0737. The lowest BCUT2D eigenvalue weighted by molar-refractivity contribution is 0.0727. The minimum absolute atomic E-state index is 0.0737. The van der Waals surface area contributed by atoms with Gasteiger partial charge in [-0.1, -0.05) is 29.3 Å². The van der Waals surface area contributed by atoms with Gasteiger partial charge in [-0.25, -0.2) is 0 Å². The molecule has 1 aromatic rings. The maximum absolute atomic E-state index is 12.5. The van der Waals surface area contributed by atoms with Gasteiger partial charge in [-0.3, -0.25) is 14.9 Å². The van der Waals surface area contributed by atoms with Gasteiger partial charge in [0.25, 0.3) is 5.91 Å². The van der Waals surface area contributed by atoms with E-state index in [9.17, 15) is 4.79 Å². The fourth-order valence-corrected chi connectivity index (χ4v) is 3.17. The number of nitrogens with one attached hydrogen (secondary N) is 1. The first-order valence-corrected chi connectivity index (χ1v) is 7.97. The smallest absolute Gasteiger partial charge is 0.272 e. The van der Waals surface area contributed by atoms with Crippen LogP contribution in [0.25, 0.3) is 0 Å². The fraction of sp³-hybridized carbons (Fsp3) is 0.600. The quantitative estimate of drug-likeness (QED) is 0.871. The SMILES string of the molecule is CC.O=C(c1ccccn1)N1CC2(CC2)C[C@H]1CNP. The molecule has 2 atom stereocenters. The number of hydrogen-bond acceptors (Lipinski definition) is 3. The normalized spacial score (nSPS) is 22.4. The van der Waals surface area contributed by atoms with Gasteiger partial charge in [0.1, 0.15) is 5.69 Å². The molecule has 1 N–H and O–H groups in total. The van der Waals surface area contributed by atoms with E-state index < -0.39 is 0 Å². The van der Waals surface area contributed by atoms with Gasteiger partial charge in [0.15, 0.2) is 0 Å². The van der Waals surface area contributed by atoms with Crippen molar-refractivity contribution in [3.63, 3.8) is 0 Å². The van der Waals surface area contributed by atoms with E-state index in [0.29, 0.717) is 17.2 Å². The second kappa shape index (κ2) is 6.64. The predicted octanol–water partition coefficient (Wildman–Crippen LogP) is 2.48. The molecule has 1 spiro atoms. The van der Waals surface area contributed by atoms with Crippen molar-refractivity contribution in [1.29, 1.82) is 0 Å². The minimum Gasteiger partial charge on any atom is -0.332 e. The molecule has 2 aliphatic rings. The van der Waals surface area contributed by atoms with E-state index >= 15 is 0 Å². The lowest BCUT2D eigenvalue weighted by Gasteiger charge is -2.24. The fourth-order valence-electron chi connectivity index (χ4n) is 2.90. The molecule has 2 heterocycles. The van der Waals surface area contributed by atoms with Gasteiger partial charge in [-0.2, -0.15) is 0 Å². The Labute approximate surface area is 123 Å². The number of amides is 1. The van der Waals surface area contributed by atoms with Crippen LogP contribution in [0, 0.1) is 5.41 Å². The summed E-state index contributed by atoms with van der Waals surface area (Å²) in [4.78, 5) is 18.7. The van der Waals surface area contributed by atoms with Gasteiger partial charge in [-0.15, -0.1) is 0 Å². The summed E-state index contributed by atoms with van der Waals surface area (Å²) < 4.78 is 0. The van der Waals surface area contributed by atoms with E-state index in [1.165, 1.54) is 12.8 Å². The third-order valence-corrected chi connectivity index (χ3v) is 4.31. The Morgan fingerprint density at radius 1 is 1.50 bits per heavy atom. The first kappa shape index (κ1) is 15.4. The molecule has 20 heavy (non-hydrogen) atoms. The van der Waals surface area contributed by atoms with Crippen LogP contribution in [0.4, 0.5) is 0 Å². The molecule has 2 fully saturated rings. The molecule has 5 heteroatoms. The summed E-state index contributed by atoms with van der Waals surface area (Å²) in [5, 5.41) is 3.11. The maximum atomic E-state index is 12.5. The van der Waals surface area contributed by atoms with Crippen LogP contribution in [-0.4, -0.2) is 34.9 Å². The lowest BCUT2D eigenvalue weighted by atomic mass is 10.0. The lowest BCUT2D eigenvalue weighted by Crippen LogP contribution is -2.40. The zero-order chi connectivity index (χ0) is 14.6. The molecular formula is C15H24N3OP. The molecule has 1 saturated carbocycles. The summed E-state index contributed by atoms with van der Waals surface area (Å²) in [5.41, 5.74) is 0.986. The molecular weight excluding hydrogens is 269 g/mol. The molecule has 0 radical (unpaired) electrons. The van der Waals surface area contributed by atoms with Crippen LogP contribution >= 0.6 is 9.39 Å². The zero-order valence-corrected chi connectivity index (χ0v) is 13.5. The Morgan fingerprint density at radius 2 is 2.25 bits per heavy atom. The Hall–Kier alpha value is -0.990. The van der Waals surface area contributed by atoms with Crippen LogP contribution in [-0.2, 0) is 0 Å². The highest BCUT2D eigenvalue weighted by Gasteiger charge is 2.53. The van der Waals surface area contributed by atoms with Gasteiger partial charge in [0.05, 0.1) is 0 Å². The molecule has 110 valence electrons. The van der Waals surface area contributed by atoms with Crippen LogP contribution < -0.4 is 5.09 Å². The average molecular weight is 293 g/mol. The monoisotopic (exact) mass is 293 g/mol. The Kier molecular flexibility index (Phi) is 5.11. The standard InChI is InChI=1S/C13H18N3OP.C2H6/c17-12(11-3-1-2-6-14-11)16-9-13(4-5-13)7-10(16)8-15-18;1-2/h1-3,6,10,15H,4-5,7-9,18H2;1-2H3/t10-;/m0./s1. The van der Waals surface area contributed by atoms with Crippen molar-refractivity contribution in [2.75, 3.05) is 13.1 Å². The Bertz CT molecular complexity index is 448. The van der Waals surface area contributed by atoms with E-state index in [0.717, 1.165) is 19.5 Å². The molecule has 1 aliphatic carbocycles. The van der Waals surface area contributed by atoms with Crippen molar-refractivity contribution < 1.29 is 4.79 Å². The summed E-state index contributed by atoms with van der Waals surface area (Å²) in [6.45, 7) is 5.74. The van der Waals surface area contributed by atoms with Crippen molar-refractivity contribution in [2.45, 2.75) is 39.2 Å². The van der Waals surface area contributed by atoms with Gasteiger partial charge >= 0.3 is 0 Å². The summed E-state index contributed by atoms with van der Waals surface area (Å²) in [6.07, 6.45) is 5.35. The number of aromatic nitrogens is 1. The van der Waals surface area contributed by atoms with Crippen molar-refractivity contribution in [3.8, 4) is 0 Å². The highest BCUT2D eigenvalue weighted by atomic mass is 31.0. The van der Waals surface area contributed by atoms with Crippen LogP contribution in [0.3, 0.4) is 0 Å². The Morgan fingerprint density at radius 3 is 2.80 bits per heavy atom. The van der Waals surface area contributed by atoms with E-state index in [2.05, 4.69) is 19.5 Å². The van der Waals surface area contributed by atoms with Crippen LogP contribution in [0.1, 0.15) is 43.6 Å². The summed E-state index contributed by atoms with van der Waals surface area (Å²) in [7, 11) is 2.52. The molecule has 0 bridgehead atoms. The molecule has 3 rings (SSSR count). The molecule has 0 aromatic carbocycles. The van der Waals surface area contributed by atoms with Gasteiger partial charge in [-0.05, 0) is 36.8 Å². The van der Waals surface area contributed by atoms with E-state index in [4.69, 9.17) is 0 Å². The molecule has 1 aromatic heterocycles. The third kappa shape index (κ3) is 3.18. The first-order valence-electron chi connectivity index (χ1n) is 7.40. The third-order valence-electron chi connectivity index (χ3n) is 4.07.